The van der Waals surface area contributed by atoms with Crippen molar-refractivity contribution in [2.75, 3.05) is 6.54 Å². The molecule has 8 heteroatoms. The van der Waals surface area contributed by atoms with Gasteiger partial charge in [0.2, 0.25) is 11.8 Å². The van der Waals surface area contributed by atoms with E-state index in [9.17, 15) is 19.2 Å². The monoisotopic (exact) mass is 535 g/mol. The summed E-state index contributed by atoms with van der Waals surface area (Å²) in [4.78, 5) is 53.6. The molecule has 6 rings (SSSR count). The fourth-order valence-electron chi connectivity index (χ4n) is 5.69. The summed E-state index contributed by atoms with van der Waals surface area (Å²) in [5.74, 6) is -0.913. The zero-order valence-electron chi connectivity index (χ0n) is 21.9. The summed E-state index contributed by atoms with van der Waals surface area (Å²) in [5.41, 5.74) is 5.41. The Kier molecular flexibility index (Phi) is 6.90. The fraction of sp³-hybridized carbons (Fsp3) is 0.250. The maximum Gasteiger partial charge on any atom is 0.410 e. The van der Waals surface area contributed by atoms with Gasteiger partial charge in [0.1, 0.15) is 12.6 Å². The molecule has 3 aromatic rings. The second kappa shape index (κ2) is 10.8. The van der Waals surface area contributed by atoms with Gasteiger partial charge in [-0.3, -0.25) is 24.6 Å². The summed E-state index contributed by atoms with van der Waals surface area (Å²) in [7, 11) is 0. The Bertz CT molecular complexity index is 1500. The molecule has 1 fully saturated rings. The number of benzene rings is 3. The second-order valence-electron chi connectivity index (χ2n) is 10.3. The molecule has 0 bridgehead atoms. The first-order valence-electron chi connectivity index (χ1n) is 13.5. The van der Waals surface area contributed by atoms with Gasteiger partial charge in [0, 0.05) is 25.1 Å². The Labute approximate surface area is 232 Å². The van der Waals surface area contributed by atoms with E-state index in [0.29, 0.717) is 31.5 Å². The number of hydrogen-bond acceptors (Lipinski definition) is 5. The lowest BCUT2D eigenvalue weighted by molar-refractivity contribution is -0.136. The standard InChI is InChI=1S/C32H29N3O5/c36-29-14-13-27(30(37)33-29)35-19-25-17-23(11-12-26(25)31(35)38)24-15-16-34(28(18-24)22-9-5-2-6-10-22)32(39)40-20-21-7-3-1-4-8-21/h1-12,17-18,27-28H,13-16,19-20H2,(H,33,36,37). The Hall–Kier alpha value is -4.72. The Morgan fingerprint density at radius 1 is 0.925 bits per heavy atom. The largest absolute Gasteiger partial charge is 0.445 e. The number of nitrogens with one attached hydrogen (secondary N) is 1. The summed E-state index contributed by atoms with van der Waals surface area (Å²) in [6.45, 7) is 1.01. The predicted molar refractivity (Wildman–Crippen MR) is 148 cm³/mol. The third-order valence-electron chi connectivity index (χ3n) is 7.79. The molecule has 1 saturated heterocycles. The summed E-state index contributed by atoms with van der Waals surface area (Å²) < 4.78 is 5.68. The van der Waals surface area contributed by atoms with Crippen LogP contribution in [0.4, 0.5) is 4.79 Å². The molecule has 4 amide bonds. The van der Waals surface area contributed by atoms with Gasteiger partial charge >= 0.3 is 6.09 Å². The van der Waals surface area contributed by atoms with E-state index in [0.717, 1.165) is 27.8 Å². The van der Waals surface area contributed by atoms with Gasteiger partial charge in [0.15, 0.2) is 0 Å². The quantitative estimate of drug-likeness (QED) is 0.481. The summed E-state index contributed by atoms with van der Waals surface area (Å²) in [6, 6.07) is 24.3. The number of hydrogen-bond donors (Lipinski definition) is 1. The number of amides is 4. The van der Waals surface area contributed by atoms with Crippen LogP contribution in [0, 0.1) is 0 Å². The fourth-order valence-corrected chi connectivity index (χ4v) is 5.69. The molecule has 3 aromatic carbocycles. The van der Waals surface area contributed by atoms with Crippen LogP contribution in [0.1, 0.15) is 57.9 Å². The lowest BCUT2D eigenvalue weighted by atomic mass is 9.91. The predicted octanol–water partition coefficient (Wildman–Crippen LogP) is 4.61. The van der Waals surface area contributed by atoms with E-state index in [1.165, 1.54) is 0 Å². The van der Waals surface area contributed by atoms with Gasteiger partial charge in [-0.05, 0) is 52.8 Å². The van der Waals surface area contributed by atoms with Crippen molar-refractivity contribution in [2.45, 2.75) is 44.5 Å². The molecule has 3 aliphatic rings. The molecule has 1 N–H and O–H groups in total. The average Bonchev–Trinajstić information content (AvgIpc) is 3.31. The van der Waals surface area contributed by atoms with E-state index < -0.39 is 11.9 Å². The van der Waals surface area contributed by atoms with Crippen LogP contribution in [0.5, 0.6) is 0 Å². The number of rotatable bonds is 5. The van der Waals surface area contributed by atoms with E-state index in [4.69, 9.17) is 4.74 Å². The van der Waals surface area contributed by atoms with Gasteiger partial charge in [0.25, 0.3) is 5.91 Å². The highest BCUT2D eigenvalue weighted by atomic mass is 16.6. The van der Waals surface area contributed by atoms with Gasteiger partial charge < -0.3 is 9.64 Å². The summed E-state index contributed by atoms with van der Waals surface area (Å²) in [5, 5.41) is 2.35. The maximum atomic E-state index is 13.2. The third-order valence-corrected chi connectivity index (χ3v) is 7.79. The summed E-state index contributed by atoms with van der Waals surface area (Å²) >= 11 is 0. The highest BCUT2D eigenvalue weighted by Crippen LogP contribution is 2.36. The molecule has 2 unspecified atom stereocenters. The van der Waals surface area contributed by atoms with Crippen LogP contribution in [0.25, 0.3) is 5.57 Å². The van der Waals surface area contributed by atoms with Crippen LogP contribution in [0.15, 0.2) is 84.9 Å². The molecule has 202 valence electrons. The third kappa shape index (κ3) is 5.00. The Balaban J connectivity index is 1.24. The van der Waals surface area contributed by atoms with Gasteiger partial charge in [-0.15, -0.1) is 0 Å². The first kappa shape index (κ1) is 25.6. The number of piperidine rings is 1. The number of ether oxygens (including phenoxy) is 1. The Morgan fingerprint density at radius 3 is 2.42 bits per heavy atom. The molecule has 8 nitrogen and oxygen atoms in total. The van der Waals surface area contributed by atoms with E-state index in [1.807, 2.05) is 78.9 Å². The van der Waals surface area contributed by atoms with Crippen molar-refractivity contribution in [3.05, 3.63) is 113 Å². The van der Waals surface area contributed by atoms with Crippen molar-refractivity contribution < 1.29 is 23.9 Å². The van der Waals surface area contributed by atoms with Crippen LogP contribution in [-0.2, 0) is 27.5 Å². The number of fused-ring (bicyclic) bond motifs is 1. The molecular formula is C32H29N3O5. The van der Waals surface area contributed by atoms with Crippen molar-refractivity contribution in [1.29, 1.82) is 0 Å². The topological polar surface area (TPSA) is 96.0 Å². The normalized spacial score (nSPS) is 20.6. The van der Waals surface area contributed by atoms with E-state index in [1.54, 1.807) is 9.80 Å². The molecule has 0 saturated carbocycles. The minimum atomic E-state index is -0.645. The molecular weight excluding hydrogens is 506 g/mol. The van der Waals surface area contributed by atoms with Crippen LogP contribution in [0.2, 0.25) is 0 Å². The number of carbonyl (C=O) groups is 4. The van der Waals surface area contributed by atoms with Crippen LogP contribution in [0.3, 0.4) is 0 Å². The van der Waals surface area contributed by atoms with Crippen molar-refractivity contribution in [1.82, 2.24) is 15.1 Å². The molecule has 2 atom stereocenters. The first-order chi connectivity index (χ1) is 19.5. The number of imide groups is 1. The first-order valence-corrected chi connectivity index (χ1v) is 13.5. The highest BCUT2D eigenvalue weighted by molar-refractivity contribution is 6.05. The zero-order chi connectivity index (χ0) is 27.6. The van der Waals surface area contributed by atoms with E-state index in [-0.39, 0.29) is 37.0 Å². The van der Waals surface area contributed by atoms with Gasteiger partial charge in [-0.2, -0.15) is 0 Å². The Morgan fingerprint density at radius 2 is 1.68 bits per heavy atom. The van der Waals surface area contributed by atoms with Gasteiger partial charge in [-0.1, -0.05) is 72.8 Å². The van der Waals surface area contributed by atoms with Gasteiger partial charge in [0.05, 0.1) is 6.04 Å². The van der Waals surface area contributed by atoms with Crippen molar-refractivity contribution in [3.63, 3.8) is 0 Å². The smallest absolute Gasteiger partial charge is 0.410 e. The molecule has 0 radical (unpaired) electrons. The second-order valence-corrected chi connectivity index (χ2v) is 10.3. The zero-order valence-corrected chi connectivity index (χ0v) is 21.9. The van der Waals surface area contributed by atoms with Crippen LogP contribution < -0.4 is 5.32 Å². The summed E-state index contributed by atoms with van der Waals surface area (Å²) in [6.07, 6.45) is 2.91. The minimum absolute atomic E-state index is 0.192. The van der Waals surface area contributed by atoms with Crippen molar-refractivity contribution in [3.8, 4) is 0 Å². The van der Waals surface area contributed by atoms with Crippen LogP contribution >= 0.6 is 0 Å². The van der Waals surface area contributed by atoms with E-state index >= 15 is 0 Å². The lowest BCUT2D eigenvalue weighted by Gasteiger charge is -2.34. The maximum absolute atomic E-state index is 13.2. The van der Waals surface area contributed by atoms with Crippen molar-refractivity contribution in [2.24, 2.45) is 0 Å². The molecule has 3 aliphatic heterocycles. The molecule has 3 heterocycles. The number of carbonyl (C=O) groups excluding carboxylic acids is 4. The molecule has 0 aromatic heterocycles. The molecule has 0 aliphatic carbocycles. The van der Waals surface area contributed by atoms with E-state index in [2.05, 4.69) is 11.4 Å². The van der Waals surface area contributed by atoms with Crippen molar-refractivity contribution >= 4 is 29.4 Å². The SMILES string of the molecule is O=C1CCC(N2Cc3cc(C4=CC(c5ccccc5)N(C(=O)OCc5ccccc5)CC4)ccc3C2=O)C(=O)N1. The lowest BCUT2D eigenvalue weighted by Crippen LogP contribution is -2.52. The molecule has 0 spiro atoms. The average molecular weight is 536 g/mol. The highest BCUT2D eigenvalue weighted by Gasteiger charge is 2.39. The van der Waals surface area contributed by atoms with Gasteiger partial charge in [-0.25, -0.2) is 4.79 Å². The minimum Gasteiger partial charge on any atom is -0.445 e. The number of nitrogens with zero attached hydrogens (tertiary/aromatic N) is 2. The molecule has 40 heavy (non-hydrogen) atoms. The van der Waals surface area contributed by atoms with Crippen LogP contribution in [-0.4, -0.2) is 46.2 Å².